The molecule has 3 N–H and O–H groups in total. The average molecular weight is 244 g/mol. The summed E-state index contributed by atoms with van der Waals surface area (Å²) in [4.78, 5) is 8.66. The minimum absolute atomic E-state index is 0.319. The SMILES string of the molecule is Cc1nc(COc2ccccc2)nc(NN)c1C. The van der Waals surface area contributed by atoms with E-state index < -0.39 is 0 Å². The molecule has 0 saturated carbocycles. The number of nitrogen functional groups attached to an aromatic ring is 1. The zero-order valence-corrected chi connectivity index (χ0v) is 10.5. The Bertz CT molecular complexity index is 528. The number of para-hydroxylation sites is 1. The molecule has 0 amide bonds. The van der Waals surface area contributed by atoms with Crippen molar-refractivity contribution in [2.75, 3.05) is 5.43 Å². The summed E-state index contributed by atoms with van der Waals surface area (Å²) in [7, 11) is 0. The van der Waals surface area contributed by atoms with Gasteiger partial charge in [-0.1, -0.05) is 18.2 Å². The number of hydrazine groups is 1. The Balaban J connectivity index is 2.13. The van der Waals surface area contributed by atoms with Gasteiger partial charge in [0.1, 0.15) is 18.2 Å². The molecule has 0 aliphatic heterocycles. The zero-order chi connectivity index (χ0) is 13.0. The van der Waals surface area contributed by atoms with Gasteiger partial charge in [-0.15, -0.1) is 0 Å². The van der Waals surface area contributed by atoms with E-state index in [0.717, 1.165) is 17.0 Å². The van der Waals surface area contributed by atoms with Crippen molar-refractivity contribution in [1.29, 1.82) is 0 Å². The number of aryl methyl sites for hydroxylation is 1. The van der Waals surface area contributed by atoms with E-state index in [-0.39, 0.29) is 0 Å². The lowest BCUT2D eigenvalue weighted by Gasteiger charge is -2.10. The maximum Gasteiger partial charge on any atom is 0.168 e. The van der Waals surface area contributed by atoms with Gasteiger partial charge in [0.05, 0.1) is 0 Å². The Morgan fingerprint density at radius 3 is 2.56 bits per heavy atom. The fraction of sp³-hybridized carbons (Fsp3) is 0.231. The molecule has 0 aliphatic rings. The molecule has 0 unspecified atom stereocenters. The van der Waals surface area contributed by atoms with Crippen molar-refractivity contribution in [3.63, 3.8) is 0 Å². The molecular formula is C13H16N4O. The summed E-state index contributed by atoms with van der Waals surface area (Å²) in [5.74, 6) is 7.45. The lowest BCUT2D eigenvalue weighted by molar-refractivity contribution is 0.295. The van der Waals surface area contributed by atoms with Crippen LogP contribution < -0.4 is 16.0 Å². The van der Waals surface area contributed by atoms with Gasteiger partial charge in [0.25, 0.3) is 0 Å². The molecule has 0 bridgehead atoms. The minimum Gasteiger partial charge on any atom is -0.486 e. The first-order valence-corrected chi connectivity index (χ1v) is 5.69. The van der Waals surface area contributed by atoms with E-state index in [0.29, 0.717) is 18.2 Å². The zero-order valence-electron chi connectivity index (χ0n) is 10.5. The van der Waals surface area contributed by atoms with Crippen molar-refractivity contribution in [3.05, 3.63) is 47.4 Å². The molecule has 0 radical (unpaired) electrons. The van der Waals surface area contributed by atoms with Gasteiger partial charge in [0, 0.05) is 11.3 Å². The van der Waals surface area contributed by atoms with Gasteiger partial charge in [-0.2, -0.15) is 0 Å². The molecule has 94 valence electrons. The Hall–Kier alpha value is -2.14. The van der Waals surface area contributed by atoms with Crippen molar-refractivity contribution >= 4 is 5.82 Å². The lowest BCUT2D eigenvalue weighted by atomic mass is 10.2. The smallest absolute Gasteiger partial charge is 0.168 e. The van der Waals surface area contributed by atoms with Crippen LogP contribution in [0.15, 0.2) is 30.3 Å². The highest BCUT2D eigenvalue weighted by Crippen LogP contribution is 2.15. The Kier molecular flexibility index (Phi) is 3.74. The van der Waals surface area contributed by atoms with E-state index in [1.165, 1.54) is 0 Å². The molecule has 5 heteroatoms. The van der Waals surface area contributed by atoms with Crippen LogP contribution in [0.4, 0.5) is 5.82 Å². The second-order valence-electron chi connectivity index (χ2n) is 3.94. The number of rotatable bonds is 4. The first-order chi connectivity index (χ1) is 8.70. The maximum absolute atomic E-state index is 5.59. The van der Waals surface area contributed by atoms with E-state index in [1.54, 1.807) is 0 Å². The molecule has 1 heterocycles. The molecule has 18 heavy (non-hydrogen) atoms. The lowest BCUT2D eigenvalue weighted by Crippen LogP contribution is -2.14. The van der Waals surface area contributed by atoms with Gasteiger partial charge >= 0.3 is 0 Å². The van der Waals surface area contributed by atoms with E-state index in [4.69, 9.17) is 10.6 Å². The van der Waals surface area contributed by atoms with Crippen molar-refractivity contribution in [1.82, 2.24) is 9.97 Å². The molecule has 0 saturated heterocycles. The molecule has 0 fully saturated rings. The van der Waals surface area contributed by atoms with E-state index in [1.807, 2.05) is 44.2 Å². The summed E-state index contributed by atoms with van der Waals surface area (Å²) in [6.07, 6.45) is 0. The number of aromatic nitrogens is 2. The standard InChI is InChI=1S/C13H16N4O/c1-9-10(2)15-12(16-13(9)17-14)8-18-11-6-4-3-5-7-11/h3-7H,8,14H2,1-2H3,(H,15,16,17). The first kappa shape index (κ1) is 12.3. The van der Waals surface area contributed by atoms with Crippen LogP contribution >= 0.6 is 0 Å². The molecular weight excluding hydrogens is 228 g/mol. The topological polar surface area (TPSA) is 73.1 Å². The third kappa shape index (κ3) is 2.75. The number of hydrogen-bond acceptors (Lipinski definition) is 5. The number of nitrogens with zero attached hydrogens (tertiary/aromatic N) is 2. The summed E-state index contributed by atoms with van der Waals surface area (Å²) < 4.78 is 5.59. The van der Waals surface area contributed by atoms with Crippen LogP contribution in [0.1, 0.15) is 17.1 Å². The largest absolute Gasteiger partial charge is 0.486 e. The van der Waals surface area contributed by atoms with E-state index in [9.17, 15) is 0 Å². The van der Waals surface area contributed by atoms with Crippen molar-refractivity contribution in [3.8, 4) is 5.75 Å². The van der Waals surface area contributed by atoms with Crippen LogP contribution in [0.5, 0.6) is 5.75 Å². The molecule has 0 aliphatic carbocycles. The van der Waals surface area contributed by atoms with Crippen LogP contribution in [0.2, 0.25) is 0 Å². The van der Waals surface area contributed by atoms with Crippen molar-refractivity contribution < 1.29 is 4.74 Å². The quantitative estimate of drug-likeness (QED) is 0.635. The van der Waals surface area contributed by atoms with Crippen molar-refractivity contribution in [2.45, 2.75) is 20.5 Å². The summed E-state index contributed by atoms with van der Waals surface area (Å²) in [5.41, 5.74) is 4.41. The molecule has 2 aromatic rings. The number of ether oxygens (including phenoxy) is 1. The molecule has 0 atom stereocenters. The van der Waals surface area contributed by atoms with Gasteiger partial charge in [-0.3, -0.25) is 0 Å². The second kappa shape index (κ2) is 5.46. The molecule has 0 spiro atoms. The average Bonchev–Trinajstić information content (AvgIpc) is 2.41. The summed E-state index contributed by atoms with van der Waals surface area (Å²) in [6.45, 7) is 4.16. The van der Waals surface area contributed by atoms with Crippen LogP contribution in [0.25, 0.3) is 0 Å². The fourth-order valence-electron chi connectivity index (χ4n) is 1.56. The molecule has 5 nitrogen and oxygen atoms in total. The Labute approximate surface area is 106 Å². The highest BCUT2D eigenvalue weighted by atomic mass is 16.5. The van der Waals surface area contributed by atoms with Crippen molar-refractivity contribution in [2.24, 2.45) is 5.84 Å². The fourth-order valence-corrected chi connectivity index (χ4v) is 1.56. The number of nitrogens with two attached hydrogens (primary N) is 1. The third-order valence-corrected chi connectivity index (χ3v) is 2.68. The maximum atomic E-state index is 5.59. The third-order valence-electron chi connectivity index (χ3n) is 2.68. The van der Waals surface area contributed by atoms with Gasteiger partial charge in [-0.05, 0) is 26.0 Å². The number of anilines is 1. The molecule has 2 rings (SSSR count). The number of benzene rings is 1. The van der Waals surface area contributed by atoms with Gasteiger partial charge in [0.2, 0.25) is 0 Å². The highest BCUT2D eigenvalue weighted by molar-refractivity contribution is 5.44. The summed E-state index contributed by atoms with van der Waals surface area (Å²) in [6, 6.07) is 9.56. The van der Waals surface area contributed by atoms with Crippen LogP contribution in [0.3, 0.4) is 0 Å². The highest BCUT2D eigenvalue weighted by Gasteiger charge is 2.07. The molecule has 1 aromatic heterocycles. The monoisotopic (exact) mass is 244 g/mol. The van der Waals surface area contributed by atoms with E-state index in [2.05, 4.69) is 15.4 Å². The van der Waals surface area contributed by atoms with Gasteiger partial charge in [0.15, 0.2) is 5.82 Å². The normalized spacial score (nSPS) is 10.2. The summed E-state index contributed by atoms with van der Waals surface area (Å²) >= 11 is 0. The second-order valence-corrected chi connectivity index (χ2v) is 3.94. The predicted molar refractivity (Wildman–Crippen MR) is 70.1 cm³/mol. The first-order valence-electron chi connectivity index (χ1n) is 5.69. The Morgan fingerprint density at radius 1 is 1.17 bits per heavy atom. The minimum atomic E-state index is 0.319. The Morgan fingerprint density at radius 2 is 1.89 bits per heavy atom. The predicted octanol–water partition coefficient (Wildman–Crippen LogP) is 1.96. The summed E-state index contributed by atoms with van der Waals surface area (Å²) in [5, 5.41) is 0. The van der Waals surface area contributed by atoms with Gasteiger partial charge in [-0.25, -0.2) is 15.8 Å². The van der Waals surface area contributed by atoms with Gasteiger partial charge < -0.3 is 10.2 Å². The van der Waals surface area contributed by atoms with Crippen LogP contribution in [0, 0.1) is 13.8 Å². The van der Waals surface area contributed by atoms with Crippen LogP contribution in [-0.2, 0) is 6.61 Å². The number of nitrogens with one attached hydrogen (secondary N) is 1. The van der Waals surface area contributed by atoms with Crippen LogP contribution in [-0.4, -0.2) is 9.97 Å². The molecule has 1 aromatic carbocycles. The van der Waals surface area contributed by atoms with E-state index >= 15 is 0 Å². The number of hydrogen-bond donors (Lipinski definition) is 2.